The number of amides is 1. The zero-order valence-corrected chi connectivity index (χ0v) is 13.6. The molecule has 1 N–H and O–H groups in total. The van der Waals surface area contributed by atoms with Gasteiger partial charge in [-0.1, -0.05) is 23.9 Å². The van der Waals surface area contributed by atoms with Gasteiger partial charge in [-0.2, -0.15) is 13.8 Å². The molecule has 24 heavy (non-hydrogen) atoms. The van der Waals surface area contributed by atoms with Crippen LogP contribution < -0.4 is 5.32 Å². The molecule has 0 unspecified atom stereocenters. The van der Waals surface area contributed by atoms with E-state index >= 15 is 0 Å². The first-order chi connectivity index (χ1) is 11.4. The van der Waals surface area contributed by atoms with Crippen molar-refractivity contribution in [1.82, 2.24) is 19.6 Å². The van der Waals surface area contributed by atoms with Crippen LogP contribution >= 0.6 is 11.8 Å². The Morgan fingerprint density at radius 2 is 2.00 bits per heavy atom. The lowest BCUT2D eigenvalue weighted by Gasteiger charge is -2.08. The number of aromatic nitrogens is 4. The van der Waals surface area contributed by atoms with Crippen LogP contribution in [0.4, 0.5) is 14.5 Å². The van der Waals surface area contributed by atoms with Crippen LogP contribution in [0.2, 0.25) is 0 Å². The number of alkyl halides is 2. The molecule has 0 saturated carbocycles. The summed E-state index contributed by atoms with van der Waals surface area (Å²) in [6.07, 6.45) is 0. The fraction of sp³-hybridized carbons (Fsp3) is 0.200. The fourth-order valence-corrected chi connectivity index (χ4v) is 2.80. The lowest BCUT2D eigenvalue weighted by Crippen LogP contribution is -2.14. The van der Waals surface area contributed by atoms with Crippen molar-refractivity contribution in [1.29, 1.82) is 0 Å². The van der Waals surface area contributed by atoms with E-state index in [1.54, 1.807) is 18.2 Å². The molecule has 2 heterocycles. The van der Waals surface area contributed by atoms with Crippen molar-refractivity contribution in [3.05, 3.63) is 47.5 Å². The van der Waals surface area contributed by atoms with Crippen LogP contribution in [0, 0.1) is 13.8 Å². The number of halogens is 2. The van der Waals surface area contributed by atoms with Crippen molar-refractivity contribution in [2.45, 2.75) is 24.5 Å². The molecule has 0 saturated heterocycles. The number of aryl methyl sites for hydroxylation is 2. The van der Waals surface area contributed by atoms with Gasteiger partial charge in [0, 0.05) is 16.3 Å². The molecular formula is C15H13F2N5OS. The molecule has 9 heteroatoms. The maximum atomic E-state index is 12.6. The second kappa shape index (κ2) is 6.52. The van der Waals surface area contributed by atoms with E-state index in [1.165, 1.54) is 10.6 Å². The summed E-state index contributed by atoms with van der Waals surface area (Å²) in [6.45, 7) is 3.64. The van der Waals surface area contributed by atoms with E-state index in [2.05, 4.69) is 20.4 Å². The number of thioether (sulfide) groups is 1. The van der Waals surface area contributed by atoms with Crippen LogP contribution in [0.15, 0.2) is 35.2 Å². The highest BCUT2D eigenvalue weighted by molar-refractivity contribution is 7.99. The molecule has 6 nitrogen and oxygen atoms in total. The number of nitrogens with one attached hydrogen (secondary N) is 1. The molecule has 0 aliphatic rings. The van der Waals surface area contributed by atoms with Gasteiger partial charge >= 0.3 is 0 Å². The molecule has 0 spiro atoms. The number of hydrogen-bond acceptors (Lipinski definition) is 5. The minimum atomic E-state index is -2.58. The number of rotatable bonds is 4. The van der Waals surface area contributed by atoms with Gasteiger partial charge in [0.25, 0.3) is 17.4 Å². The van der Waals surface area contributed by atoms with Gasteiger partial charge in [-0.3, -0.25) is 4.79 Å². The molecule has 0 aliphatic heterocycles. The Morgan fingerprint density at radius 3 is 2.75 bits per heavy atom. The smallest absolute Gasteiger partial charge is 0.295 e. The predicted molar refractivity (Wildman–Crippen MR) is 86.5 cm³/mol. The van der Waals surface area contributed by atoms with Gasteiger partial charge in [0.1, 0.15) is 0 Å². The van der Waals surface area contributed by atoms with Crippen LogP contribution in [0.1, 0.15) is 22.0 Å². The van der Waals surface area contributed by atoms with Crippen LogP contribution in [0.5, 0.6) is 0 Å². The topological polar surface area (TPSA) is 72.2 Å². The number of nitrogens with zero attached hydrogens (tertiary/aromatic N) is 4. The first-order valence-corrected chi connectivity index (χ1v) is 7.88. The lowest BCUT2D eigenvalue weighted by molar-refractivity contribution is 0.101. The highest BCUT2D eigenvalue weighted by Crippen LogP contribution is 2.31. The lowest BCUT2D eigenvalue weighted by atomic mass is 10.3. The zero-order valence-electron chi connectivity index (χ0n) is 12.8. The molecule has 1 amide bonds. The number of carbonyl (C=O) groups excluding carboxylic acids is 1. The van der Waals surface area contributed by atoms with Gasteiger partial charge in [0.15, 0.2) is 0 Å². The first kappa shape index (κ1) is 16.3. The van der Waals surface area contributed by atoms with E-state index in [0.717, 1.165) is 11.4 Å². The summed E-state index contributed by atoms with van der Waals surface area (Å²) >= 11 is 0.365. The molecule has 0 aliphatic carbocycles. The van der Waals surface area contributed by atoms with E-state index in [4.69, 9.17) is 0 Å². The molecule has 2 aromatic heterocycles. The molecule has 124 valence electrons. The van der Waals surface area contributed by atoms with Crippen LogP contribution in [-0.2, 0) is 0 Å². The maximum absolute atomic E-state index is 12.6. The first-order valence-electron chi connectivity index (χ1n) is 7.00. The van der Waals surface area contributed by atoms with Gasteiger partial charge in [-0.05, 0) is 32.0 Å². The molecule has 0 radical (unpaired) electrons. The molecular weight excluding hydrogens is 336 g/mol. The summed E-state index contributed by atoms with van der Waals surface area (Å²) in [4.78, 5) is 20.9. The third-order valence-electron chi connectivity index (χ3n) is 3.17. The van der Waals surface area contributed by atoms with Gasteiger partial charge in [-0.25, -0.2) is 9.50 Å². The van der Waals surface area contributed by atoms with Crippen LogP contribution in [0.3, 0.4) is 0 Å². The predicted octanol–water partition coefficient (Wildman–Crippen LogP) is 3.31. The van der Waals surface area contributed by atoms with Gasteiger partial charge in [-0.15, -0.1) is 5.10 Å². The Bertz CT molecular complexity index is 912. The maximum Gasteiger partial charge on any atom is 0.295 e. The molecule has 3 aromatic rings. The average molecular weight is 349 g/mol. The minimum absolute atomic E-state index is 0.0759. The van der Waals surface area contributed by atoms with Crippen molar-refractivity contribution >= 4 is 29.1 Å². The highest BCUT2D eigenvalue weighted by Gasteiger charge is 2.17. The van der Waals surface area contributed by atoms with Gasteiger partial charge in [0.05, 0.1) is 5.69 Å². The molecule has 1 aromatic carbocycles. The van der Waals surface area contributed by atoms with Crippen molar-refractivity contribution in [2.75, 3.05) is 5.32 Å². The standard InChI is InChI=1S/C15H13F2N5OS/c1-8-7-9(2)22-15(18-8)20-12(21-22)13(23)19-10-5-3-4-6-11(10)24-14(16)17/h3-7,14H,1-2H3,(H,19,23). The van der Waals surface area contributed by atoms with E-state index in [1.807, 2.05) is 19.9 Å². The fourth-order valence-electron chi connectivity index (χ4n) is 2.21. The number of anilines is 1. The number of fused-ring (bicyclic) bond motifs is 1. The van der Waals surface area contributed by atoms with Crippen molar-refractivity contribution in [3.8, 4) is 0 Å². The Labute approximate surface area is 140 Å². The third kappa shape index (κ3) is 3.35. The number of hydrogen-bond donors (Lipinski definition) is 1. The van der Waals surface area contributed by atoms with Gasteiger partial charge < -0.3 is 5.32 Å². The van der Waals surface area contributed by atoms with Crippen molar-refractivity contribution < 1.29 is 13.6 Å². The highest BCUT2D eigenvalue weighted by atomic mass is 32.2. The second-order valence-corrected chi connectivity index (χ2v) is 6.05. The van der Waals surface area contributed by atoms with Crippen molar-refractivity contribution in [3.63, 3.8) is 0 Å². The second-order valence-electron chi connectivity index (χ2n) is 5.01. The summed E-state index contributed by atoms with van der Waals surface area (Å²) in [5.41, 5.74) is 1.84. The summed E-state index contributed by atoms with van der Waals surface area (Å²) < 4.78 is 26.7. The summed E-state index contributed by atoms with van der Waals surface area (Å²) in [5.74, 6) is -2.92. The van der Waals surface area contributed by atoms with Crippen molar-refractivity contribution in [2.24, 2.45) is 0 Å². The minimum Gasteiger partial charge on any atom is -0.318 e. The summed E-state index contributed by atoms with van der Waals surface area (Å²) in [6, 6.07) is 8.15. The molecule has 0 bridgehead atoms. The summed E-state index contributed by atoms with van der Waals surface area (Å²) in [7, 11) is 0. The Hall–Kier alpha value is -2.55. The summed E-state index contributed by atoms with van der Waals surface area (Å²) in [5, 5.41) is 6.68. The average Bonchev–Trinajstić information content (AvgIpc) is 2.93. The normalized spacial score (nSPS) is 11.2. The van der Waals surface area contributed by atoms with E-state index < -0.39 is 11.7 Å². The molecule has 3 rings (SSSR count). The number of para-hydroxylation sites is 1. The van der Waals surface area contributed by atoms with Gasteiger partial charge in [0.2, 0.25) is 5.82 Å². The number of carbonyl (C=O) groups is 1. The quantitative estimate of drug-likeness (QED) is 0.732. The molecule has 0 atom stereocenters. The largest absolute Gasteiger partial charge is 0.318 e. The van der Waals surface area contributed by atoms with E-state index in [9.17, 15) is 13.6 Å². The number of benzene rings is 1. The SMILES string of the molecule is Cc1cc(C)n2nc(C(=O)Nc3ccccc3SC(F)F)nc2n1. The zero-order chi connectivity index (χ0) is 17.3. The Morgan fingerprint density at radius 1 is 1.25 bits per heavy atom. The van der Waals surface area contributed by atoms with E-state index in [0.29, 0.717) is 17.5 Å². The van der Waals surface area contributed by atoms with Crippen LogP contribution in [-0.4, -0.2) is 31.2 Å². The third-order valence-corrected chi connectivity index (χ3v) is 3.96. The Balaban J connectivity index is 1.89. The van der Waals surface area contributed by atoms with Crippen LogP contribution in [0.25, 0.3) is 5.78 Å². The Kier molecular flexibility index (Phi) is 4.43. The van der Waals surface area contributed by atoms with E-state index in [-0.39, 0.29) is 16.4 Å². The monoisotopic (exact) mass is 349 g/mol. The molecule has 0 fully saturated rings.